The molecule has 3 heterocycles. The molecule has 2 aromatic rings. The summed E-state index contributed by atoms with van der Waals surface area (Å²) in [5, 5.41) is 3.32. The molecule has 0 radical (unpaired) electrons. The molecule has 0 atom stereocenters. The highest BCUT2D eigenvalue weighted by atomic mass is 16.5. The van der Waals surface area contributed by atoms with Crippen LogP contribution in [0.5, 0.6) is 0 Å². The number of hydrogen-bond acceptors (Lipinski definition) is 8. The maximum atomic E-state index is 5.38. The molecular weight excluding hydrogens is 306 g/mol. The fraction of sp³-hybridized carbons (Fsp3) is 0.500. The van der Waals surface area contributed by atoms with Crippen molar-refractivity contribution in [2.24, 2.45) is 0 Å². The average molecular weight is 329 g/mol. The van der Waals surface area contributed by atoms with Crippen molar-refractivity contribution in [3.05, 3.63) is 29.8 Å². The van der Waals surface area contributed by atoms with E-state index in [1.165, 1.54) is 0 Å². The second-order valence-electron chi connectivity index (χ2n) is 5.91. The average Bonchev–Trinajstić information content (AvgIpc) is 2.60. The lowest BCUT2D eigenvalue weighted by molar-refractivity contribution is 0.122. The van der Waals surface area contributed by atoms with E-state index in [4.69, 9.17) is 4.74 Å². The monoisotopic (exact) mass is 329 g/mol. The standard InChI is InChI=1S/C16H23N7O/c1-12-8-13(21-16(20-12)22(2)3)10-17-14-9-15(19-11-18-14)23-4-6-24-7-5-23/h8-9,11H,4-7,10H2,1-3H3,(H,17,18,19). The summed E-state index contributed by atoms with van der Waals surface area (Å²) in [6.45, 7) is 5.74. The zero-order valence-electron chi connectivity index (χ0n) is 14.4. The molecule has 0 bridgehead atoms. The van der Waals surface area contributed by atoms with Crippen molar-refractivity contribution in [1.29, 1.82) is 0 Å². The Balaban J connectivity index is 1.68. The van der Waals surface area contributed by atoms with Crippen molar-refractivity contribution in [2.45, 2.75) is 13.5 Å². The molecule has 128 valence electrons. The van der Waals surface area contributed by atoms with E-state index in [-0.39, 0.29) is 0 Å². The molecule has 2 aromatic heterocycles. The maximum Gasteiger partial charge on any atom is 0.225 e. The van der Waals surface area contributed by atoms with Crippen LogP contribution in [0.25, 0.3) is 0 Å². The lowest BCUT2D eigenvalue weighted by Crippen LogP contribution is -2.36. The van der Waals surface area contributed by atoms with Gasteiger partial charge in [-0.3, -0.25) is 0 Å². The van der Waals surface area contributed by atoms with E-state index in [1.807, 2.05) is 38.1 Å². The highest BCUT2D eigenvalue weighted by Crippen LogP contribution is 2.16. The molecule has 3 rings (SSSR count). The Morgan fingerprint density at radius 1 is 1.17 bits per heavy atom. The van der Waals surface area contributed by atoms with Gasteiger partial charge in [0.15, 0.2) is 0 Å². The topological polar surface area (TPSA) is 79.3 Å². The van der Waals surface area contributed by atoms with Crippen LogP contribution in [0.15, 0.2) is 18.5 Å². The minimum Gasteiger partial charge on any atom is -0.378 e. The van der Waals surface area contributed by atoms with Crippen LogP contribution in [0.4, 0.5) is 17.6 Å². The van der Waals surface area contributed by atoms with Crippen LogP contribution in [-0.2, 0) is 11.3 Å². The largest absolute Gasteiger partial charge is 0.378 e. The fourth-order valence-electron chi connectivity index (χ4n) is 2.50. The van der Waals surface area contributed by atoms with E-state index in [0.717, 1.165) is 49.3 Å². The van der Waals surface area contributed by atoms with Gasteiger partial charge in [-0.25, -0.2) is 19.9 Å². The van der Waals surface area contributed by atoms with Crippen LogP contribution in [0.3, 0.4) is 0 Å². The Hall–Kier alpha value is -2.48. The molecule has 1 fully saturated rings. The third kappa shape index (κ3) is 4.08. The van der Waals surface area contributed by atoms with Crippen LogP contribution in [-0.4, -0.2) is 60.3 Å². The van der Waals surface area contributed by atoms with Gasteiger partial charge in [-0.05, 0) is 13.0 Å². The highest BCUT2D eigenvalue weighted by molar-refractivity contribution is 5.48. The molecule has 0 aliphatic carbocycles. The van der Waals surface area contributed by atoms with Crippen LogP contribution in [0.2, 0.25) is 0 Å². The van der Waals surface area contributed by atoms with Gasteiger partial charge in [-0.2, -0.15) is 0 Å². The summed E-state index contributed by atoms with van der Waals surface area (Å²) in [7, 11) is 3.87. The Morgan fingerprint density at radius 3 is 2.71 bits per heavy atom. The molecule has 0 spiro atoms. The molecular formula is C16H23N7O. The minimum absolute atomic E-state index is 0.587. The van der Waals surface area contributed by atoms with Crippen LogP contribution in [0.1, 0.15) is 11.4 Å². The number of morpholine rings is 1. The number of aromatic nitrogens is 4. The molecule has 8 heteroatoms. The molecule has 0 saturated carbocycles. The van der Waals surface area contributed by atoms with Gasteiger partial charge in [0.25, 0.3) is 0 Å². The third-order valence-corrected chi connectivity index (χ3v) is 3.73. The summed E-state index contributed by atoms with van der Waals surface area (Å²) >= 11 is 0. The highest BCUT2D eigenvalue weighted by Gasteiger charge is 2.13. The van der Waals surface area contributed by atoms with Crippen molar-refractivity contribution < 1.29 is 4.74 Å². The molecule has 0 aromatic carbocycles. The molecule has 1 aliphatic rings. The molecule has 0 amide bonds. The number of nitrogens with zero attached hydrogens (tertiary/aromatic N) is 6. The smallest absolute Gasteiger partial charge is 0.225 e. The molecule has 8 nitrogen and oxygen atoms in total. The van der Waals surface area contributed by atoms with Gasteiger partial charge in [0, 0.05) is 38.9 Å². The van der Waals surface area contributed by atoms with Gasteiger partial charge in [0.1, 0.15) is 18.0 Å². The van der Waals surface area contributed by atoms with E-state index >= 15 is 0 Å². The summed E-state index contributed by atoms with van der Waals surface area (Å²) in [5.74, 6) is 2.42. The van der Waals surface area contributed by atoms with Crippen molar-refractivity contribution in [3.63, 3.8) is 0 Å². The number of hydrogen-bond donors (Lipinski definition) is 1. The minimum atomic E-state index is 0.587. The SMILES string of the molecule is Cc1cc(CNc2cc(N3CCOCC3)ncn2)nc(N(C)C)n1. The zero-order valence-corrected chi connectivity index (χ0v) is 14.4. The van der Waals surface area contributed by atoms with Crippen molar-refractivity contribution in [1.82, 2.24) is 19.9 Å². The first-order valence-electron chi connectivity index (χ1n) is 8.02. The van der Waals surface area contributed by atoms with E-state index in [0.29, 0.717) is 12.5 Å². The molecule has 1 N–H and O–H groups in total. The summed E-state index contributed by atoms with van der Waals surface area (Å²) in [4.78, 5) is 21.7. The van der Waals surface area contributed by atoms with Gasteiger partial charge < -0.3 is 19.9 Å². The number of ether oxygens (including phenoxy) is 1. The van der Waals surface area contributed by atoms with Crippen LogP contribution in [0, 0.1) is 6.92 Å². The van der Waals surface area contributed by atoms with E-state index in [2.05, 4.69) is 30.2 Å². The normalized spacial score (nSPS) is 14.5. The van der Waals surface area contributed by atoms with Crippen molar-refractivity contribution in [3.8, 4) is 0 Å². The molecule has 1 saturated heterocycles. The summed E-state index contributed by atoms with van der Waals surface area (Å²) in [6.07, 6.45) is 1.59. The van der Waals surface area contributed by atoms with Gasteiger partial charge >= 0.3 is 0 Å². The Labute approximate surface area is 141 Å². The van der Waals surface area contributed by atoms with Gasteiger partial charge in [-0.15, -0.1) is 0 Å². The predicted molar refractivity (Wildman–Crippen MR) is 93.5 cm³/mol. The van der Waals surface area contributed by atoms with Crippen LogP contribution < -0.4 is 15.1 Å². The number of nitrogens with one attached hydrogen (secondary N) is 1. The first kappa shape index (κ1) is 16.4. The van der Waals surface area contributed by atoms with Gasteiger partial charge in [0.2, 0.25) is 5.95 Å². The van der Waals surface area contributed by atoms with Gasteiger partial charge in [0.05, 0.1) is 25.5 Å². The summed E-state index contributed by atoms with van der Waals surface area (Å²) in [6, 6.07) is 3.94. The van der Waals surface area contributed by atoms with Gasteiger partial charge in [-0.1, -0.05) is 0 Å². The molecule has 0 unspecified atom stereocenters. The first-order chi connectivity index (χ1) is 11.6. The number of anilines is 3. The lowest BCUT2D eigenvalue weighted by Gasteiger charge is -2.27. The van der Waals surface area contributed by atoms with Crippen molar-refractivity contribution in [2.75, 3.05) is 55.5 Å². The predicted octanol–water partition coefficient (Wildman–Crippen LogP) is 1.09. The zero-order chi connectivity index (χ0) is 16.9. The fourth-order valence-corrected chi connectivity index (χ4v) is 2.50. The number of aryl methyl sites for hydroxylation is 1. The molecule has 1 aliphatic heterocycles. The first-order valence-corrected chi connectivity index (χ1v) is 8.02. The second kappa shape index (κ2) is 7.39. The molecule has 24 heavy (non-hydrogen) atoms. The summed E-state index contributed by atoms with van der Waals surface area (Å²) < 4.78 is 5.38. The van der Waals surface area contributed by atoms with E-state index in [1.54, 1.807) is 6.33 Å². The quantitative estimate of drug-likeness (QED) is 0.873. The summed E-state index contributed by atoms with van der Waals surface area (Å²) in [5.41, 5.74) is 1.87. The van der Waals surface area contributed by atoms with Crippen molar-refractivity contribution >= 4 is 17.6 Å². The number of rotatable bonds is 5. The second-order valence-corrected chi connectivity index (χ2v) is 5.91. The van der Waals surface area contributed by atoms with Crippen LogP contribution >= 0.6 is 0 Å². The van der Waals surface area contributed by atoms with E-state index < -0.39 is 0 Å². The van der Waals surface area contributed by atoms with E-state index in [9.17, 15) is 0 Å². The Kier molecular flexibility index (Phi) is 5.05. The third-order valence-electron chi connectivity index (χ3n) is 3.73. The Bertz CT molecular complexity index is 686. The maximum absolute atomic E-state index is 5.38. The Morgan fingerprint density at radius 2 is 1.96 bits per heavy atom. The lowest BCUT2D eigenvalue weighted by atomic mass is 10.3.